The summed E-state index contributed by atoms with van der Waals surface area (Å²) in [6.07, 6.45) is 0. The highest BCUT2D eigenvalue weighted by molar-refractivity contribution is 6.36. The molecule has 0 saturated heterocycles. The third-order valence-corrected chi connectivity index (χ3v) is 2.75. The third-order valence-electron chi connectivity index (χ3n) is 2.25. The number of rotatable bonds is 3. The Morgan fingerprint density at radius 2 is 2.12 bits per heavy atom. The van der Waals surface area contributed by atoms with Gasteiger partial charge in [0.15, 0.2) is 5.76 Å². The number of methoxy groups -OCH3 is 1. The standard InChI is InChI=1S/C11H10Cl2N2O2/c1-16-11-8(2-6(12)3-9(11)13)10-4-7(5-14)15-17-10/h2-4H,5,14H2,1H3. The summed E-state index contributed by atoms with van der Waals surface area (Å²) in [4.78, 5) is 0. The molecule has 2 N–H and O–H groups in total. The van der Waals surface area contributed by atoms with E-state index in [1.165, 1.54) is 7.11 Å². The molecule has 0 atom stereocenters. The Balaban J connectivity index is 2.57. The summed E-state index contributed by atoms with van der Waals surface area (Å²) in [7, 11) is 1.53. The van der Waals surface area contributed by atoms with Gasteiger partial charge in [-0.3, -0.25) is 0 Å². The minimum atomic E-state index is 0.306. The van der Waals surface area contributed by atoms with Crippen LogP contribution >= 0.6 is 23.2 Å². The second-order valence-electron chi connectivity index (χ2n) is 3.36. The summed E-state index contributed by atoms with van der Waals surface area (Å²) in [5.74, 6) is 1.02. The van der Waals surface area contributed by atoms with Crippen molar-refractivity contribution in [2.45, 2.75) is 6.54 Å². The lowest BCUT2D eigenvalue weighted by Gasteiger charge is -2.08. The lowest BCUT2D eigenvalue weighted by Crippen LogP contribution is -1.94. The number of ether oxygens (including phenoxy) is 1. The summed E-state index contributed by atoms with van der Waals surface area (Å²) in [6, 6.07) is 5.03. The fourth-order valence-corrected chi connectivity index (χ4v) is 2.06. The minimum absolute atomic E-state index is 0.306. The Hall–Kier alpha value is -1.23. The Bertz CT molecular complexity index is 540. The molecule has 4 nitrogen and oxygen atoms in total. The van der Waals surface area contributed by atoms with E-state index in [4.69, 9.17) is 38.2 Å². The molecule has 0 radical (unpaired) electrons. The number of nitrogens with two attached hydrogens (primary N) is 1. The van der Waals surface area contributed by atoms with Gasteiger partial charge in [-0.25, -0.2) is 0 Å². The van der Waals surface area contributed by atoms with E-state index in [0.717, 1.165) is 0 Å². The van der Waals surface area contributed by atoms with Gasteiger partial charge in [0.1, 0.15) is 5.75 Å². The van der Waals surface area contributed by atoms with Crippen LogP contribution in [0.4, 0.5) is 0 Å². The molecule has 0 aliphatic carbocycles. The summed E-state index contributed by atoms with van der Waals surface area (Å²) < 4.78 is 10.4. The molecular weight excluding hydrogens is 263 g/mol. The van der Waals surface area contributed by atoms with Gasteiger partial charge < -0.3 is 15.0 Å². The number of nitrogens with zero attached hydrogens (tertiary/aromatic N) is 1. The Morgan fingerprint density at radius 1 is 1.35 bits per heavy atom. The molecule has 0 aliphatic heterocycles. The highest BCUT2D eigenvalue weighted by atomic mass is 35.5. The van der Waals surface area contributed by atoms with Crippen molar-refractivity contribution in [2.24, 2.45) is 5.73 Å². The van der Waals surface area contributed by atoms with Crippen LogP contribution in [0.5, 0.6) is 5.75 Å². The smallest absolute Gasteiger partial charge is 0.171 e. The van der Waals surface area contributed by atoms with Crippen LogP contribution in [-0.4, -0.2) is 12.3 Å². The van der Waals surface area contributed by atoms with Gasteiger partial charge in [-0.05, 0) is 12.1 Å². The van der Waals surface area contributed by atoms with E-state index in [9.17, 15) is 0 Å². The van der Waals surface area contributed by atoms with Crippen LogP contribution in [0, 0.1) is 0 Å². The average Bonchev–Trinajstić information content (AvgIpc) is 2.76. The lowest BCUT2D eigenvalue weighted by atomic mass is 10.1. The molecule has 2 aromatic rings. The van der Waals surface area contributed by atoms with Gasteiger partial charge in [0, 0.05) is 17.6 Å². The summed E-state index contributed by atoms with van der Waals surface area (Å²) in [6.45, 7) is 0.306. The molecule has 17 heavy (non-hydrogen) atoms. The molecule has 0 saturated carbocycles. The Morgan fingerprint density at radius 3 is 2.71 bits per heavy atom. The quantitative estimate of drug-likeness (QED) is 0.933. The predicted molar refractivity (Wildman–Crippen MR) is 66.4 cm³/mol. The van der Waals surface area contributed by atoms with Crippen molar-refractivity contribution in [1.82, 2.24) is 5.16 Å². The molecule has 0 aliphatic rings. The van der Waals surface area contributed by atoms with Crippen molar-refractivity contribution in [3.8, 4) is 17.1 Å². The molecule has 0 fully saturated rings. The number of hydrogen-bond donors (Lipinski definition) is 1. The summed E-state index contributed by atoms with van der Waals surface area (Å²) >= 11 is 12.0. The first-order valence-corrected chi connectivity index (χ1v) is 5.60. The molecule has 6 heteroatoms. The monoisotopic (exact) mass is 272 g/mol. The van der Waals surface area contributed by atoms with E-state index in [1.807, 2.05) is 0 Å². The van der Waals surface area contributed by atoms with Crippen LogP contribution in [0.2, 0.25) is 10.0 Å². The maximum atomic E-state index is 6.03. The maximum Gasteiger partial charge on any atom is 0.171 e. The fourth-order valence-electron chi connectivity index (χ4n) is 1.49. The van der Waals surface area contributed by atoms with E-state index in [2.05, 4.69) is 5.16 Å². The molecular formula is C11H10Cl2N2O2. The lowest BCUT2D eigenvalue weighted by molar-refractivity contribution is 0.404. The van der Waals surface area contributed by atoms with Gasteiger partial charge in [0.25, 0.3) is 0 Å². The topological polar surface area (TPSA) is 61.3 Å². The van der Waals surface area contributed by atoms with Crippen molar-refractivity contribution in [1.29, 1.82) is 0 Å². The normalized spacial score (nSPS) is 10.6. The molecule has 0 bridgehead atoms. The highest BCUT2D eigenvalue weighted by Crippen LogP contribution is 2.38. The van der Waals surface area contributed by atoms with E-state index < -0.39 is 0 Å². The minimum Gasteiger partial charge on any atom is -0.494 e. The molecule has 1 heterocycles. The van der Waals surface area contributed by atoms with E-state index in [-0.39, 0.29) is 0 Å². The van der Waals surface area contributed by atoms with E-state index in [1.54, 1.807) is 18.2 Å². The molecule has 0 amide bonds. The maximum absolute atomic E-state index is 6.03. The van der Waals surface area contributed by atoms with Gasteiger partial charge in [0.2, 0.25) is 0 Å². The molecule has 0 spiro atoms. The zero-order chi connectivity index (χ0) is 12.4. The van der Waals surface area contributed by atoms with Crippen LogP contribution < -0.4 is 10.5 Å². The number of aromatic nitrogens is 1. The van der Waals surface area contributed by atoms with Crippen LogP contribution in [0.25, 0.3) is 11.3 Å². The van der Waals surface area contributed by atoms with Crippen molar-refractivity contribution < 1.29 is 9.26 Å². The van der Waals surface area contributed by atoms with E-state index >= 15 is 0 Å². The number of hydrogen-bond acceptors (Lipinski definition) is 4. The Labute approximate surface area is 108 Å². The first-order chi connectivity index (χ1) is 8.15. The SMILES string of the molecule is COc1c(Cl)cc(Cl)cc1-c1cc(CN)no1. The summed E-state index contributed by atoms with van der Waals surface area (Å²) in [5.41, 5.74) is 6.77. The van der Waals surface area contributed by atoms with Crippen molar-refractivity contribution in [2.75, 3.05) is 7.11 Å². The van der Waals surface area contributed by atoms with Crippen LogP contribution in [-0.2, 0) is 6.54 Å². The second kappa shape index (κ2) is 4.96. The molecule has 90 valence electrons. The molecule has 0 unspecified atom stereocenters. The van der Waals surface area contributed by atoms with Crippen LogP contribution in [0.3, 0.4) is 0 Å². The zero-order valence-corrected chi connectivity index (χ0v) is 10.5. The van der Waals surface area contributed by atoms with Gasteiger partial charge >= 0.3 is 0 Å². The largest absolute Gasteiger partial charge is 0.494 e. The molecule has 1 aromatic heterocycles. The fraction of sp³-hybridized carbons (Fsp3) is 0.182. The highest BCUT2D eigenvalue weighted by Gasteiger charge is 2.15. The first-order valence-electron chi connectivity index (χ1n) is 4.84. The van der Waals surface area contributed by atoms with Crippen molar-refractivity contribution in [3.05, 3.63) is 33.9 Å². The van der Waals surface area contributed by atoms with Crippen LogP contribution in [0.15, 0.2) is 22.7 Å². The zero-order valence-electron chi connectivity index (χ0n) is 9.04. The van der Waals surface area contributed by atoms with Gasteiger partial charge in [-0.15, -0.1) is 0 Å². The number of benzene rings is 1. The number of halogens is 2. The predicted octanol–water partition coefficient (Wildman–Crippen LogP) is 3.12. The van der Waals surface area contributed by atoms with Crippen molar-refractivity contribution >= 4 is 23.2 Å². The average molecular weight is 273 g/mol. The molecule has 1 aromatic carbocycles. The second-order valence-corrected chi connectivity index (χ2v) is 4.20. The van der Waals surface area contributed by atoms with E-state index in [0.29, 0.717) is 39.4 Å². The Kier molecular flexibility index (Phi) is 3.57. The molecule has 2 rings (SSSR count). The van der Waals surface area contributed by atoms with Gasteiger partial charge in [-0.2, -0.15) is 0 Å². The van der Waals surface area contributed by atoms with Crippen molar-refractivity contribution in [3.63, 3.8) is 0 Å². The van der Waals surface area contributed by atoms with Gasteiger partial charge in [0.05, 0.1) is 23.4 Å². The summed E-state index contributed by atoms with van der Waals surface area (Å²) in [5, 5.41) is 4.72. The van der Waals surface area contributed by atoms with Crippen LogP contribution in [0.1, 0.15) is 5.69 Å². The third kappa shape index (κ3) is 2.39. The van der Waals surface area contributed by atoms with Gasteiger partial charge in [-0.1, -0.05) is 28.4 Å². The first kappa shape index (κ1) is 12.2.